The summed E-state index contributed by atoms with van der Waals surface area (Å²) < 4.78 is 37.7. The summed E-state index contributed by atoms with van der Waals surface area (Å²) in [5.41, 5.74) is 0. The molecular weight excluding hydrogens is 273 g/mol. The van der Waals surface area contributed by atoms with Crippen LogP contribution in [0.15, 0.2) is 0 Å². The Labute approximate surface area is 115 Å². The van der Waals surface area contributed by atoms with E-state index in [0.29, 0.717) is 32.5 Å². The first-order valence-corrected chi connectivity index (χ1v) is 7.00. The number of nitrogens with one attached hydrogen (secondary N) is 1. The van der Waals surface area contributed by atoms with Crippen molar-refractivity contribution in [2.45, 2.75) is 38.3 Å². The third-order valence-corrected chi connectivity index (χ3v) is 4.16. The van der Waals surface area contributed by atoms with Crippen molar-refractivity contribution < 1.29 is 22.8 Å². The van der Waals surface area contributed by atoms with Crippen molar-refractivity contribution in [3.8, 4) is 0 Å². The number of amides is 2. The lowest BCUT2D eigenvalue weighted by molar-refractivity contribution is -0.185. The van der Waals surface area contributed by atoms with Crippen LogP contribution in [0.25, 0.3) is 0 Å². The number of hydrogen-bond acceptors (Lipinski definition) is 2. The molecule has 2 amide bonds. The quantitative estimate of drug-likeness (QED) is 0.800. The maximum absolute atomic E-state index is 12.6. The van der Waals surface area contributed by atoms with E-state index in [1.54, 1.807) is 4.90 Å². The van der Waals surface area contributed by atoms with Crippen LogP contribution in [-0.2, 0) is 9.59 Å². The molecular formula is C13H19F3N2O2. The number of rotatable bonds is 1. The van der Waals surface area contributed by atoms with Gasteiger partial charge in [0.25, 0.3) is 0 Å². The zero-order chi connectivity index (χ0) is 14.8. The largest absolute Gasteiger partial charge is 0.391 e. The molecule has 0 bridgehead atoms. The van der Waals surface area contributed by atoms with Gasteiger partial charge in [-0.3, -0.25) is 9.59 Å². The summed E-state index contributed by atoms with van der Waals surface area (Å²) in [5.74, 6) is -1.76. The molecule has 114 valence electrons. The van der Waals surface area contributed by atoms with Crippen LogP contribution in [0, 0.1) is 11.8 Å². The summed E-state index contributed by atoms with van der Waals surface area (Å²) in [5, 5.41) is 2.68. The molecule has 2 aliphatic rings. The van der Waals surface area contributed by atoms with E-state index in [1.807, 2.05) is 0 Å². The smallest absolute Gasteiger partial charge is 0.354 e. The van der Waals surface area contributed by atoms with Gasteiger partial charge >= 0.3 is 6.18 Å². The lowest BCUT2D eigenvalue weighted by Crippen LogP contribution is -2.40. The molecule has 2 fully saturated rings. The Kier molecular flexibility index (Phi) is 4.55. The molecule has 0 radical (unpaired) electrons. The molecule has 0 unspecified atom stereocenters. The van der Waals surface area contributed by atoms with E-state index in [2.05, 4.69) is 5.32 Å². The van der Waals surface area contributed by atoms with Crippen LogP contribution in [0.3, 0.4) is 0 Å². The van der Waals surface area contributed by atoms with Gasteiger partial charge in [-0.2, -0.15) is 13.2 Å². The minimum absolute atomic E-state index is 0.0327. The van der Waals surface area contributed by atoms with Gasteiger partial charge in [0, 0.05) is 32.0 Å². The monoisotopic (exact) mass is 292 g/mol. The zero-order valence-electron chi connectivity index (χ0n) is 11.2. The highest BCUT2D eigenvalue weighted by Gasteiger charge is 2.43. The summed E-state index contributed by atoms with van der Waals surface area (Å²) >= 11 is 0. The average molecular weight is 292 g/mol. The Morgan fingerprint density at radius 1 is 1.15 bits per heavy atom. The average Bonchev–Trinajstić information content (AvgIpc) is 2.62. The molecule has 0 aromatic carbocycles. The van der Waals surface area contributed by atoms with Gasteiger partial charge in [0.1, 0.15) is 0 Å². The molecule has 1 saturated carbocycles. The van der Waals surface area contributed by atoms with E-state index in [0.717, 1.165) is 0 Å². The zero-order valence-corrected chi connectivity index (χ0v) is 11.2. The van der Waals surface area contributed by atoms with Crippen molar-refractivity contribution in [3.63, 3.8) is 0 Å². The Hall–Kier alpha value is -1.27. The Morgan fingerprint density at radius 2 is 1.80 bits per heavy atom. The number of nitrogens with zero attached hydrogens (tertiary/aromatic N) is 1. The van der Waals surface area contributed by atoms with E-state index in [1.165, 1.54) is 0 Å². The fraction of sp³-hybridized carbons (Fsp3) is 0.846. The summed E-state index contributed by atoms with van der Waals surface area (Å²) in [6, 6.07) is 0. The van der Waals surface area contributed by atoms with Gasteiger partial charge < -0.3 is 10.2 Å². The van der Waals surface area contributed by atoms with Crippen molar-refractivity contribution in [1.82, 2.24) is 10.2 Å². The second-order valence-corrected chi connectivity index (χ2v) is 5.52. The number of hydrogen-bond donors (Lipinski definition) is 1. The molecule has 0 aromatic heterocycles. The van der Waals surface area contributed by atoms with Crippen LogP contribution in [0.4, 0.5) is 13.2 Å². The lowest BCUT2D eigenvalue weighted by atomic mass is 9.81. The third-order valence-electron chi connectivity index (χ3n) is 4.16. The van der Waals surface area contributed by atoms with Crippen LogP contribution < -0.4 is 5.32 Å². The predicted molar refractivity (Wildman–Crippen MR) is 65.7 cm³/mol. The molecule has 0 aromatic rings. The molecule has 0 atom stereocenters. The van der Waals surface area contributed by atoms with Gasteiger partial charge in [-0.1, -0.05) is 0 Å². The predicted octanol–water partition coefficient (Wildman–Crippen LogP) is 1.70. The van der Waals surface area contributed by atoms with Gasteiger partial charge in [0.2, 0.25) is 11.8 Å². The molecule has 1 aliphatic carbocycles. The van der Waals surface area contributed by atoms with E-state index in [4.69, 9.17) is 0 Å². The maximum Gasteiger partial charge on any atom is 0.391 e. The van der Waals surface area contributed by atoms with E-state index in [9.17, 15) is 22.8 Å². The van der Waals surface area contributed by atoms with Crippen LogP contribution in [0.1, 0.15) is 32.1 Å². The number of carbonyl (C=O) groups is 2. The summed E-state index contributed by atoms with van der Waals surface area (Å²) in [7, 11) is 0. The fourth-order valence-electron chi connectivity index (χ4n) is 2.91. The standard InChI is InChI=1S/C13H19F3N2O2/c14-13(15,16)10-3-1-9(2-4-10)12(20)18-7-5-11(19)17-6-8-18/h9-10H,1-8H2,(H,17,19). The van der Waals surface area contributed by atoms with Crippen molar-refractivity contribution in [2.75, 3.05) is 19.6 Å². The summed E-state index contributed by atoms with van der Waals surface area (Å²) in [4.78, 5) is 25.1. The Bertz CT molecular complexity index is 376. The van der Waals surface area contributed by atoms with Crippen LogP contribution in [0.2, 0.25) is 0 Å². The highest BCUT2D eigenvalue weighted by molar-refractivity contribution is 5.81. The SMILES string of the molecule is O=C1CCN(C(=O)C2CCC(C(F)(F)F)CC2)CCN1. The van der Waals surface area contributed by atoms with Crippen molar-refractivity contribution in [2.24, 2.45) is 11.8 Å². The summed E-state index contributed by atoms with van der Waals surface area (Å²) in [6.45, 7) is 1.23. The first-order chi connectivity index (χ1) is 9.38. The van der Waals surface area contributed by atoms with Gasteiger partial charge in [0.05, 0.1) is 5.92 Å². The molecule has 2 rings (SSSR count). The van der Waals surface area contributed by atoms with Crippen molar-refractivity contribution >= 4 is 11.8 Å². The van der Waals surface area contributed by atoms with Crippen LogP contribution >= 0.6 is 0 Å². The normalized spacial score (nSPS) is 28.8. The van der Waals surface area contributed by atoms with Crippen molar-refractivity contribution in [1.29, 1.82) is 0 Å². The molecule has 1 heterocycles. The molecule has 7 heteroatoms. The third kappa shape index (κ3) is 3.64. The van der Waals surface area contributed by atoms with Crippen LogP contribution in [-0.4, -0.2) is 42.5 Å². The van der Waals surface area contributed by atoms with Gasteiger partial charge in [-0.25, -0.2) is 0 Å². The number of alkyl halides is 3. The van der Waals surface area contributed by atoms with Gasteiger partial charge in [-0.15, -0.1) is 0 Å². The van der Waals surface area contributed by atoms with E-state index in [-0.39, 0.29) is 37.0 Å². The van der Waals surface area contributed by atoms with Gasteiger partial charge in [-0.05, 0) is 25.7 Å². The maximum atomic E-state index is 12.6. The topological polar surface area (TPSA) is 49.4 Å². The Morgan fingerprint density at radius 3 is 2.40 bits per heavy atom. The molecule has 0 spiro atoms. The highest BCUT2D eigenvalue weighted by atomic mass is 19.4. The Balaban J connectivity index is 1.87. The van der Waals surface area contributed by atoms with Gasteiger partial charge in [0.15, 0.2) is 0 Å². The first kappa shape index (κ1) is 15.1. The second kappa shape index (κ2) is 6.01. The lowest BCUT2D eigenvalue weighted by Gasteiger charge is -2.32. The van der Waals surface area contributed by atoms with E-state index >= 15 is 0 Å². The minimum atomic E-state index is -4.15. The highest BCUT2D eigenvalue weighted by Crippen LogP contribution is 2.39. The molecule has 20 heavy (non-hydrogen) atoms. The van der Waals surface area contributed by atoms with E-state index < -0.39 is 12.1 Å². The van der Waals surface area contributed by atoms with Crippen LogP contribution in [0.5, 0.6) is 0 Å². The summed E-state index contributed by atoms with van der Waals surface area (Å²) in [6.07, 6.45) is -3.23. The first-order valence-electron chi connectivity index (χ1n) is 7.00. The fourth-order valence-corrected chi connectivity index (χ4v) is 2.91. The second-order valence-electron chi connectivity index (χ2n) is 5.52. The molecule has 1 saturated heterocycles. The minimum Gasteiger partial charge on any atom is -0.354 e. The number of halogens is 3. The number of carbonyl (C=O) groups excluding carboxylic acids is 2. The van der Waals surface area contributed by atoms with Crippen molar-refractivity contribution in [3.05, 3.63) is 0 Å². The molecule has 1 N–H and O–H groups in total. The molecule has 1 aliphatic heterocycles. The molecule has 4 nitrogen and oxygen atoms in total.